The number of aromatic nitrogens is 2. The number of hydrogen-bond donors (Lipinski definition) is 2. The maximum absolute atomic E-state index is 12.4. The molecule has 0 unspecified atom stereocenters. The molecule has 138 valence electrons. The van der Waals surface area contributed by atoms with E-state index in [0.29, 0.717) is 18.8 Å². The summed E-state index contributed by atoms with van der Waals surface area (Å²) in [4.78, 5) is 41.0. The molecular formula is C16H24N4O5. The molecule has 0 spiro atoms. The van der Waals surface area contributed by atoms with Crippen molar-refractivity contribution in [1.29, 1.82) is 0 Å². The average Bonchev–Trinajstić information content (AvgIpc) is 3.11. The first kappa shape index (κ1) is 18.8. The van der Waals surface area contributed by atoms with Gasteiger partial charge in [0.05, 0.1) is 6.54 Å². The number of aliphatic carboxylic acids is 1. The van der Waals surface area contributed by atoms with Gasteiger partial charge in [0.1, 0.15) is 24.0 Å². The van der Waals surface area contributed by atoms with E-state index < -0.39 is 23.7 Å². The van der Waals surface area contributed by atoms with E-state index in [-0.39, 0.29) is 19.0 Å². The first-order chi connectivity index (χ1) is 11.7. The number of ether oxygens (including phenoxy) is 1. The van der Waals surface area contributed by atoms with Gasteiger partial charge in [-0.3, -0.25) is 14.5 Å². The van der Waals surface area contributed by atoms with Gasteiger partial charge >= 0.3 is 12.1 Å². The number of carboxylic acid groups (broad SMARTS) is 1. The molecule has 1 aliphatic rings. The smallest absolute Gasteiger partial charge is 0.410 e. The molecule has 1 aliphatic heterocycles. The zero-order valence-corrected chi connectivity index (χ0v) is 14.7. The molecular weight excluding hydrogens is 328 g/mol. The Morgan fingerprint density at radius 1 is 1.40 bits per heavy atom. The highest BCUT2D eigenvalue weighted by molar-refractivity contribution is 5.86. The molecule has 0 aliphatic carbocycles. The minimum Gasteiger partial charge on any atom is -0.480 e. The van der Waals surface area contributed by atoms with Gasteiger partial charge in [0.2, 0.25) is 5.91 Å². The molecule has 1 aromatic heterocycles. The van der Waals surface area contributed by atoms with Crippen molar-refractivity contribution in [3.8, 4) is 0 Å². The van der Waals surface area contributed by atoms with Crippen molar-refractivity contribution in [3.05, 3.63) is 18.2 Å². The van der Waals surface area contributed by atoms with E-state index >= 15 is 0 Å². The lowest BCUT2D eigenvalue weighted by atomic mass is 10.2. The molecule has 0 saturated carbocycles. The lowest BCUT2D eigenvalue weighted by Crippen LogP contribution is -2.47. The summed E-state index contributed by atoms with van der Waals surface area (Å²) in [5.41, 5.74) is -0.623. The number of nitrogens with zero attached hydrogens (tertiary/aromatic N) is 3. The minimum atomic E-state index is -0.988. The standard InChI is InChI=1S/C16H24N4O5/c1-16(2,3)25-15(24)20-7-4-5-11(20)14(23)18-9-12-17-6-8-19(12)10-13(21)22/h6,8,11H,4-5,7,9-10H2,1-3H3,(H,18,23)(H,21,22)/t11-/m0/s1. The molecule has 25 heavy (non-hydrogen) atoms. The second-order valence-corrected chi connectivity index (χ2v) is 6.91. The lowest BCUT2D eigenvalue weighted by Gasteiger charge is -2.28. The van der Waals surface area contributed by atoms with Crippen LogP contribution >= 0.6 is 0 Å². The summed E-state index contributed by atoms with van der Waals surface area (Å²) < 4.78 is 6.79. The van der Waals surface area contributed by atoms with E-state index in [1.807, 2.05) is 0 Å². The third kappa shape index (κ3) is 5.20. The fourth-order valence-corrected chi connectivity index (χ4v) is 2.66. The number of hydrogen-bond acceptors (Lipinski definition) is 5. The van der Waals surface area contributed by atoms with Crippen LogP contribution in [0.3, 0.4) is 0 Å². The molecule has 0 bridgehead atoms. The Hall–Kier alpha value is -2.58. The predicted octanol–water partition coefficient (Wildman–Crippen LogP) is 0.983. The van der Waals surface area contributed by atoms with Gasteiger partial charge in [0.15, 0.2) is 0 Å². The van der Waals surface area contributed by atoms with Crippen molar-refractivity contribution >= 4 is 18.0 Å². The number of carboxylic acids is 1. The monoisotopic (exact) mass is 352 g/mol. The molecule has 0 aromatic carbocycles. The van der Waals surface area contributed by atoms with Crippen LogP contribution in [-0.4, -0.2) is 55.7 Å². The Morgan fingerprint density at radius 3 is 2.76 bits per heavy atom. The molecule has 9 nitrogen and oxygen atoms in total. The first-order valence-corrected chi connectivity index (χ1v) is 8.16. The summed E-state index contributed by atoms with van der Waals surface area (Å²) in [6.07, 6.45) is 3.81. The van der Waals surface area contributed by atoms with Gasteiger partial charge in [0, 0.05) is 18.9 Å². The van der Waals surface area contributed by atoms with Gasteiger partial charge in [0.25, 0.3) is 0 Å². The molecule has 2 amide bonds. The van der Waals surface area contributed by atoms with Crippen molar-refractivity contribution in [2.75, 3.05) is 6.54 Å². The topological polar surface area (TPSA) is 114 Å². The molecule has 9 heteroatoms. The number of carbonyl (C=O) groups is 3. The van der Waals surface area contributed by atoms with Gasteiger partial charge in [-0.25, -0.2) is 9.78 Å². The average molecular weight is 352 g/mol. The number of nitrogens with one attached hydrogen (secondary N) is 1. The van der Waals surface area contributed by atoms with Crippen molar-refractivity contribution in [2.24, 2.45) is 0 Å². The maximum atomic E-state index is 12.4. The van der Waals surface area contributed by atoms with Crippen LogP contribution in [-0.2, 0) is 27.4 Å². The van der Waals surface area contributed by atoms with Gasteiger partial charge in [-0.15, -0.1) is 0 Å². The molecule has 1 saturated heterocycles. The third-order valence-electron chi connectivity index (χ3n) is 3.71. The second kappa shape index (κ2) is 7.54. The highest BCUT2D eigenvalue weighted by atomic mass is 16.6. The van der Waals surface area contributed by atoms with Gasteiger partial charge in [-0.1, -0.05) is 0 Å². The zero-order valence-electron chi connectivity index (χ0n) is 14.7. The van der Waals surface area contributed by atoms with Crippen molar-refractivity contribution in [3.63, 3.8) is 0 Å². The Kier molecular flexibility index (Phi) is 5.66. The lowest BCUT2D eigenvalue weighted by molar-refractivity contribution is -0.137. The molecule has 0 radical (unpaired) electrons. The number of amides is 2. The van der Waals surface area contributed by atoms with E-state index in [1.165, 1.54) is 21.9 Å². The van der Waals surface area contributed by atoms with Gasteiger partial charge < -0.3 is 19.7 Å². The molecule has 2 heterocycles. The maximum Gasteiger partial charge on any atom is 0.410 e. The summed E-state index contributed by atoms with van der Waals surface area (Å²) in [6, 6.07) is -0.585. The quantitative estimate of drug-likeness (QED) is 0.817. The highest BCUT2D eigenvalue weighted by Crippen LogP contribution is 2.21. The minimum absolute atomic E-state index is 0.0950. The van der Waals surface area contributed by atoms with E-state index in [9.17, 15) is 14.4 Å². The molecule has 1 aromatic rings. The SMILES string of the molecule is CC(C)(C)OC(=O)N1CCC[C@H]1C(=O)NCc1nccn1CC(=O)O. The van der Waals surface area contributed by atoms with E-state index in [4.69, 9.17) is 9.84 Å². The molecule has 1 fully saturated rings. The van der Waals surface area contributed by atoms with Gasteiger partial charge in [-0.2, -0.15) is 0 Å². The van der Waals surface area contributed by atoms with Crippen LogP contribution in [0.4, 0.5) is 4.79 Å². The van der Waals surface area contributed by atoms with Crippen molar-refractivity contribution in [2.45, 2.75) is 58.3 Å². The van der Waals surface area contributed by atoms with Crippen LogP contribution in [0, 0.1) is 0 Å². The van der Waals surface area contributed by atoms with E-state index in [1.54, 1.807) is 20.8 Å². The summed E-state index contributed by atoms with van der Waals surface area (Å²) >= 11 is 0. The summed E-state index contributed by atoms with van der Waals surface area (Å²) in [5.74, 6) is -0.844. The van der Waals surface area contributed by atoms with E-state index in [2.05, 4.69) is 10.3 Å². The summed E-state index contributed by atoms with van der Waals surface area (Å²) in [6.45, 7) is 5.67. The molecule has 2 rings (SSSR count). The fourth-order valence-electron chi connectivity index (χ4n) is 2.66. The summed E-state index contributed by atoms with van der Waals surface area (Å²) in [5, 5.41) is 11.6. The molecule has 1 atom stereocenters. The molecule has 2 N–H and O–H groups in total. The van der Waals surface area contributed by atoms with Crippen LogP contribution in [0.5, 0.6) is 0 Å². The largest absolute Gasteiger partial charge is 0.480 e. The second-order valence-electron chi connectivity index (χ2n) is 6.91. The highest BCUT2D eigenvalue weighted by Gasteiger charge is 2.36. The Morgan fingerprint density at radius 2 is 2.12 bits per heavy atom. The summed E-state index contributed by atoms with van der Waals surface area (Å²) in [7, 11) is 0. The van der Waals surface area contributed by atoms with Crippen molar-refractivity contribution in [1.82, 2.24) is 19.8 Å². The number of imidazole rings is 1. The number of likely N-dealkylation sites (tertiary alicyclic amines) is 1. The Bertz CT molecular complexity index is 649. The van der Waals surface area contributed by atoms with Gasteiger partial charge in [-0.05, 0) is 33.6 Å². The number of carbonyl (C=O) groups excluding carboxylic acids is 2. The van der Waals surface area contributed by atoms with Crippen LogP contribution < -0.4 is 5.32 Å². The van der Waals surface area contributed by atoms with E-state index in [0.717, 1.165) is 6.42 Å². The normalized spacial score (nSPS) is 17.4. The van der Waals surface area contributed by atoms with Crippen molar-refractivity contribution < 1.29 is 24.2 Å². The fraction of sp³-hybridized carbons (Fsp3) is 0.625. The Balaban J connectivity index is 1.95. The van der Waals surface area contributed by atoms with Crippen LogP contribution in [0.25, 0.3) is 0 Å². The number of rotatable bonds is 5. The van der Waals surface area contributed by atoms with Crippen LogP contribution in [0.2, 0.25) is 0 Å². The van der Waals surface area contributed by atoms with Crippen LogP contribution in [0.1, 0.15) is 39.4 Å². The Labute approximate surface area is 146 Å². The third-order valence-corrected chi connectivity index (χ3v) is 3.71. The first-order valence-electron chi connectivity index (χ1n) is 8.16. The predicted molar refractivity (Wildman–Crippen MR) is 87.7 cm³/mol. The zero-order chi connectivity index (χ0) is 18.6. The van der Waals surface area contributed by atoms with Crippen LogP contribution in [0.15, 0.2) is 12.4 Å².